The molecule has 0 atom stereocenters. The summed E-state index contributed by atoms with van der Waals surface area (Å²) >= 11 is 1.95. The Bertz CT molecular complexity index is 265. The molecule has 1 aliphatic rings. The monoisotopic (exact) mass is 287 g/mol. The summed E-state index contributed by atoms with van der Waals surface area (Å²) in [7, 11) is 1.84. The quantitative estimate of drug-likeness (QED) is 0.428. The molecule has 0 aromatic rings. The van der Waals surface area contributed by atoms with Crippen molar-refractivity contribution in [1.29, 1.82) is 0 Å². The average Bonchev–Trinajstić information content (AvgIpc) is 2.47. The van der Waals surface area contributed by atoms with Crippen LogP contribution in [0.4, 0.5) is 0 Å². The molecule has 0 bridgehead atoms. The minimum atomic E-state index is 0.305. The van der Waals surface area contributed by atoms with Gasteiger partial charge in [-0.15, -0.1) is 0 Å². The number of hydrogen-bond donors (Lipinski definition) is 2. The molecule has 1 heterocycles. The Labute approximate surface area is 122 Å². The number of thioether (sulfide) groups is 1. The number of ether oxygens (including phenoxy) is 1. The molecule has 0 spiro atoms. The van der Waals surface area contributed by atoms with Gasteiger partial charge in [-0.1, -0.05) is 19.8 Å². The molecule has 112 valence electrons. The maximum Gasteiger partial charge on any atom is 0.191 e. The second-order valence-electron chi connectivity index (χ2n) is 5.06. The summed E-state index contributed by atoms with van der Waals surface area (Å²) in [6.45, 7) is 5.95. The van der Waals surface area contributed by atoms with Crippen LogP contribution in [-0.2, 0) is 4.74 Å². The summed E-state index contributed by atoms with van der Waals surface area (Å²) in [5.41, 5.74) is 0. The lowest BCUT2D eigenvalue weighted by Crippen LogP contribution is -2.48. The molecule has 5 heteroatoms. The normalized spacial score (nSPS) is 19.2. The first-order valence-electron chi connectivity index (χ1n) is 7.34. The van der Waals surface area contributed by atoms with Crippen LogP contribution in [0.1, 0.15) is 39.0 Å². The Morgan fingerprint density at radius 1 is 1.26 bits per heavy atom. The molecule has 1 aliphatic heterocycles. The number of nitrogens with one attached hydrogen (secondary N) is 2. The number of rotatable bonds is 7. The van der Waals surface area contributed by atoms with E-state index >= 15 is 0 Å². The van der Waals surface area contributed by atoms with Gasteiger partial charge in [0.1, 0.15) is 0 Å². The second-order valence-corrected chi connectivity index (χ2v) is 6.33. The summed E-state index contributed by atoms with van der Waals surface area (Å²) < 4.78 is 5.77. The van der Waals surface area contributed by atoms with Gasteiger partial charge in [-0.3, -0.25) is 4.99 Å². The van der Waals surface area contributed by atoms with E-state index in [0.29, 0.717) is 4.75 Å². The van der Waals surface area contributed by atoms with E-state index in [1.54, 1.807) is 0 Å². The van der Waals surface area contributed by atoms with Crippen molar-refractivity contribution in [2.45, 2.75) is 43.8 Å². The molecule has 0 aliphatic carbocycles. The summed E-state index contributed by atoms with van der Waals surface area (Å²) in [5.74, 6) is 0.927. The minimum absolute atomic E-state index is 0.305. The molecule has 0 aromatic heterocycles. The van der Waals surface area contributed by atoms with Crippen LogP contribution in [0.2, 0.25) is 0 Å². The van der Waals surface area contributed by atoms with Gasteiger partial charge >= 0.3 is 0 Å². The summed E-state index contributed by atoms with van der Waals surface area (Å²) in [6, 6.07) is 0. The van der Waals surface area contributed by atoms with Gasteiger partial charge < -0.3 is 15.4 Å². The molecule has 0 saturated carbocycles. The van der Waals surface area contributed by atoms with E-state index in [1.807, 2.05) is 18.8 Å². The highest BCUT2D eigenvalue weighted by Gasteiger charge is 2.31. The van der Waals surface area contributed by atoms with Crippen LogP contribution < -0.4 is 10.6 Å². The topological polar surface area (TPSA) is 45.7 Å². The van der Waals surface area contributed by atoms with Crippen LogP contribution in [0.25, 0.3) is 0 Å². The molecule has 0 amide bonds. The van der Waals surface area contributed by atoms with Gasteiger partial charge in [-0.05, 0) is 25.5 Å². The molecule has 0 aromatic carbocycles. The lowest BCUT2D eigenvalue weighted by atomic mass is 9.99. The zero-order valence-corrected chi connectivity index (χ0v) is 13.4. The van der Waals surface area contributed by atoms with Crippen LogP contribution >= 0.6 is 11.8 Å². The predicted molar refractivity (Wildman–Crippen MR) is 85.2 cm³/mol. The lowest BCUT2D eigenvalue weighted by molar-refractivity contribution is 0.0783. The summed E-state index contributed by atoms with van der Waals surface area (Å²) in [6.07, 6.45) is 8.17. The maximum absolute atomic E-state index is 5.46. The molecule has 1 saturated heterocycles. The largest absolute Gasteiger partial charge is 0.381 e. The van der Waals surface area contributed by atoms with Gasteiger partial charge in [0.25, 0.3) is 0 Å². The number of hydrogen-bond acceptors (Lipinski definition) is 3. The van der Waals surface area contributed by atoms with Crippen molar-refractivity contribution in [3.63, 3.8) is 0 Å². The molecular weight excluding hydrogens is 258 g/mol. The van der Waals surface area contributed by atoms with Gasteiger partial charge in [0.15, 0.2) is 5.96 Å². The predicted octanol–water partition coefficient (Wildman–Crippen LogP) is 2.25. The molecular formula is C14H29N3OS. The molecule has 19 heavy (non-hydrogen) atoms. The van der Waals surface area contributed by atoms with Crippen molar-refractivity contribution in [1.82, 2.24) is 10.6 Å². The van der Waals surface area contributed by atoms with Gasteiger partial charge in [-0.25, -0.2) is 0 Å². The third kappa shape index (κ3) is 6.04. The third-order valence-corrected chi connectivity index (χ3v) is 5.13. The summed E-state index contributed by atoms with van der Waals surface area (Å²) in [5, 5.41) is 6.85. The second kappa shape index (κ2) is 9.48. The van der Waals surface area contributed by atoms with E-state index in [4.69, 9.17) is 4.74 Å². The first-order valence-corrected chi connectivity index (χ1v) is 8.56. The molecule has 4 nitrogen and oxygen atoms in total. The summed E-state index contributed by atoms with van der Waals surface area (Å²) in [4.78, 5) is 4.29. The van der Waals surface area contributed by atoms with Crippen LogP contribution in [0, 0.1) is 0 Å². The fourth-order valence-electron chi connectivity index (χ4n) is 2.24. The fourth-order valence-corrected chi connectivity index (χ4v) is 3.04. The van der Waals surface area contributed by atoms with Crippen LogP contribution in [0.5, 0.6) is 0 Å². The van der Waals surface area contributed by atoms with Crippen molar-refractivity contribution >= 4 is 17.7 Å². The molecule has 1 fully saturated rings. The van der Waals surface area contributed by atoms with E-state index in [1.165, 1.54) is 19.3 Å². The van der Waals surface area contributed by atoms with Crippen LogP contribution in [-0.4, -0.2) is 50.3 Å². The number of guanidine groups is 1. The smallest absolute Gasteiger partial charge is 0.191 e. The molecule has 1 rings (SSSR count). The first-order chi connectivity index (χ1) is 9.26. The Balaban J connectivity index is 2.30. The number of unbranched alkanes of at least 4 members (excludes halogenated alkanes) is 2. The van der Waals surface area contributed by atoms with Gasteiger partial charge in [0.2, 0.25) is 0 Å². The Kier molecular flexibility index (Phi) is 8.30. The van der Waals surface area contributed by atoms with E-state index in [0.717, 1.165) is 45.1 Å². The van der Waals surface area contributed by atoms with Crippen molar-refractivity contribution in [3.05, 3.63) is 0 Å². The standard InChI is InChI=1S/C14H29N3OS/c1-4-5-6-9-16-13(15-2)17-12-14(19-3)7-10-18-11-8-14/h4-12H2,1-3H3,(H2,15,16,17). The Hall–Kier alpha value is -0.420. The minimum Gasteiger partial charge on any atom is -0.381 e. The third-order valence-electron chi connectivity index (χ3n) is 3.71. The molecule has 0 radical (unpaired) electrons. The highest BCUT2D eigenvalue weighted by Crippen LogP contribution is 2.32. The van der Waals surface area contributed by atoms with Crippen molar-refractivity contribution < 1.29 is 4.74 Å². The van der Waals surface area contributed by atoms with E-state index < -0.39 is 0 Å². The fraction of sp³-hybridized carbons (Fsp3) is 0.929. The zero-order valence-electron chi connectivity index (χ0n) is 12.6. The van der Waals surface area contributed by atoms with Gasteiger partial charge in [0.05, 0.1) is 0 Å². The van der Waals surface area contributed by atoms with E-state index in [2.05, 4.69) is 28.8 Å². The average molecular weight is 287 g/mol. The highest BCUT2D eigenvalue weighted by molar-refractivity contribution is 8.00. The zero-order chi connectivity index (χ0) is 14.0. The van der Waals surface area contributed by atoms with Crippen LogP contribution in [0.3, 0.4) is 0 Å². The van der Waals surface area contributed by atoms with Crippen LogP contribution in [0.15, 0.2) is 4.99 Å². The van der Waals surface area contributed by atoms with E-state index in [-0.39, 0.29) is 0 Å². The van der Waals surface area contributed by atoms with E-state index in [9.17, 15) is 0 Å². The van der Waals surface area contributed by atoms with Crippen molar-refractivity contribution in [2.24, 2.45) is 4.99 Å². The molecule has 0 unspecified atom stereocenters. The lowest BCUT2D eigenvalue weighted by Gasteiger charge is -2.36. The van der Waals surface area contributed by atoms with Gasteiger partial charge in [0, 0.05) is 38.1 Å². The SMILES string of the molecule is CCCCCNC(=NC)NCC1(SC)CCOCC1. The van der Waals surface area contributed by atoms with Crippen molar-refractivity contribution in [2.75, 3.05) is 39.6 Å². The Morgan fingerprint density at radius 2 is 2.00 bits per heavy atom. The number of aliphatic imine (C=N–C) groups is 1. The highest BCUT2D eigenvalue weighted by atomic mass is 32.2. The Morgan fingerprint density at radius 3 is 2.58 bits per heavy atom. The maximum atomic E-state index is 5.46. The first kappa shape index (κ1) is 16.6. The number of nitrogens with zero attached hydrogens (tertiary/aromatic N) is 1. The molecule has 2 N–H and O–H groups in total. The van der Waals surface area contributed by atoms with Crippen molar-refractivity contribution in [3.8, 4) is 0 Å². The van der Waals surface area contributed by atoms with Gasteiger partial charge in [-0.2, -0.15) is 11.8 Å².